The van der Waals surface area contributed by atoms with Gasteiger partial charge in [0.05, 0.1) is 5.75 Å². The summed E-state index contributed by atoms with van der Waals surface area (Å²) in [5.41, 5.74) is 7.07. The van der Waals surface area contributed by atoms with Gasteiger partial charge in [0.15, 0.2) is 0 Å². The van der Waals surface area contributed by atoms with Crippen LogP contribution in [0.5, 0.6) is 5.75 Å². The van der Waals surface area contributed by atoms with Gasteiger partial charge in [-0.3, -0.25) is 0 Å². The molecular formula is C12H19BNO. The number of hydrogen-bond acceptors (Lipinski definition) is 2. The minimum atomic E-state index is 0.00510. The minimum absolute atomic E-state index is 0.00510. The van der Waals surface area contributed by atoms with E-state index < -0.39 is 0 Å². The molecule has 0 amide bonds. The van der Waals surface area contributed by atoms with E-state index in [0.717, 1.165) is 12.2 Å². The molecule has 15 heavy (non-hydrogen) atoms. The summed E-state index contributed by atoms with van der Waals surface area (Å²) in [5, 5.41) is 0. The fourth-order valence-corrected chi connectivity index (χ4v) is 1.45. The molecule has 0 fully saturated rings. The van der Waals surface area contributed by atoms with Crippen LogP contribution in [0.25, 0.3) is 0 Å². The molecule has 0 saturated heterocycles. The Kier molecular flexibility index (Phi) is 4.69. The van der Waals surface area contributed by atoms with E-state index in [9.17, 15) is 0 Å². The van der Waals surface area contributed by atoms with Crippen molar-refractivity contribution in [3.8, 4) is 5.75 Å². The van der Waals surface area contributed by atoms with Crippen LogP contribution < -0.4 is 10.4 Å². The SMILES string of the molecule is Cc1cccc(O[B]C(N)CC(C)C)c1. The average Bonchev–Trinajstić information content (AvgIpc) is 2.14. The lowest BCUT2D eigenvalue weighted by Gasteiger charge is -2.13. The molecule has 1 aromatic rings. The Morgan fingerprint density at radius 1 is 1.40 bits per heavy atom. The summed E-state index contributed by atoms with van der Waals surface area (Å²) < 4.78 is 5.50. The third-order valence-electron chi connectivity index (χ3n) is 2.11. The van der Waals surface area contributed by atoms with Crippen LogP contribution in [-0.4, -0.2) is 13.4 Å². The Hall–Kier alpha value is -0.955. The van der Waals surface area contributed by atoms with Crippen molar-refractivity contribution in [1.82, 2.24) is 0 Å². The van der Waals surface area contributed by atoms with Gasteiger partial charge >= 0.3 is 7.48 Å². The van der Waals surface area contributed by atoms with E-state index >= 15 is 0 Å². The smallest absolute Gasteiger partial charge is 0.387 e. The number of nitrogens with two attached hydrogens (primary N) is 1. The molecule has 2 N–H and O–H groups in total. The van der Waals surface area contributed by atoms with Gasteiger partial charge in [-0.1, -0.05) is 26.0 Å². The molecule has 0 aliphatic carbocycles. The van der Waals surface area contributed by atoms with Crippen molar-refractivity contribution in [3.05, 3.63) is 29.8 Å². The summed E-state index contributed by atoms with van der Waals surface area (Å²) in [4.78, 5) is 0. The summed E-state index contributed by atoms with van der Waals surface area (Å²) in [6, 6.07) is 7.96. The third kappa shape index (κ3) is 4.89. The molecule has 0 aliphatic heterocycles. The number of hydrogen-bond donors (Lipinski definition) is 1. The van der Waals surface area contributed by atoms with E-state index in [-0.39, 0.29) is 5.94 Å². The Morgan fingerprint density at radius 3 is 2.73 bits per heavy atom. The first kappa shape index (κ1) is 12.1. The van der Waals surface area contributed by atoms with Crippen LogP contribution in [0.2, 0.25) is 0 Å². The zero-order valence-corrected chi connectivity index (χ0v) is 9.73. The highest BCUT2D eigenvalue weighted by Crippen LogP contribution is 2.12. The third-order valence-corrected chi connectivity index (χ3v) is 2.11. The molecule has 0 saturated carbocycles. The molecule has 0 spiro atoms. The fourth-order valence-electron chi connectivity index (χ4n) is 1.45. The summed E-state index contributed by atoms with van der Waals surface area (Å²) in [6.07, 6.45) is 0.950. The van der Waals surface area contributed by atoms with Crippen LogP contribution in [0.4, 0.5) is 0 Å². The van der Waals surface area contributed by atoms with Gasteiger partial charge in [0, 0.05) is 5.94 Å². The summed E-state index contributed by atoms with van der Waals surface area (Å²) >= 11 is 0. The monoisotopic (exact) mass is 204 g/mol. The molecular weight excluding hydrogens is 185 g/mol. The highest BCUT2D eigenvalue weighted by Gasteiger charge is 2.09. The zero-order valence-electron chi connectivity index (χ0n) is 9.73. The quantitative estimate of drug-likeness (QED) is 0.747. The van der Waals surface area contributed by atoms with Crippen molar-refractivity contribution in [1.29, 1.82) is 0 Å². The van der Waals surface area contributed by atoms with Gasteiger partial charge in [-0.2, -0.15) is 0 Å². The molecule has 0 bridgehead atoms. The van der Waals surface area contributed by atoms with Crippen molar-refractivity contribution in [2.24, 2.45) is 11.7 Å². The first-order valence-corrected chi connectivity index (χ1v) is 5.40. The molecule has 1 atom stereocenters. The first-order valence-electron chi connectivity index (χ1n) is 5.40. The van der Waals surface area contributed by atoms with Gasteiger partial charge in [-0.05, 0) is 37.0 Å². The molecule has 0 aliphatic rings. The second-order valence-corrected chi connectivity index (χ2v) is 4.36. The standard InChI is InChI=1S/C12H19BNO/c1-9(2)7-12(14)13-15-11-6-4-5-10(3)8-11/h4-6,8-9,12H,7,14H2,1-3H3. The second kappa shape index (κ2) is 5.81. The molecule has 81 valence electrons. The molecule has 1 aromatic carbocycles. The van der Waals surface area contributed by atoms with Crippen molar-refractivity contribution >= 4 is 7.48 Å². The Balaban J connectivity index is 2.36. The maximum absolute atomic E-state index is 5.88. The van der Waals surface area contributed by atoms with Gasteiger partial charge in [0.25, 0.3) is 0 Å². The maximum atomic E-state index is 5.88. The predicted octanol–water partition coefficient (Wildman–Crippen LogP) is 2.32. The van der Waals surface area contributed by atoms with Crippen LogP contribution >= 0.6 is 0 Å². The topological polar surface area (TPSA) is 35.2 Å². The summed E-state index contributed by atoms with van der Waals surface area (Å²) in [6.45, 7) is 6.35. The van der Waals surface area contributed by atoms with Gasteiger partial charge < -0.3 is 10.4 Å². The van der Waals surface area contributed by atoms with Crippen molar-refractivity contribution < 1.29 is 4.65 Å². The Bertz CT molecular complexity index is 301. The van der Waals surface area contributed by atoms with Crippen LogP contribution in [0.1, 0.15) is 25.8 Å². The van der Waals surface area contributed by atoms with E-state index in [1.54, 1.807) is 7.48 Å². The molecule has 1 unspecified atom stereocenters. The molecule has 2 nitrogen and oxygen atoms in total. The van der Waals surface area contributed by atoms with Gasteiger partial charge in [-0.25, -0.2) is 0 Å². The highest BCUT2D eigenvalue weighted by molar-refractivity contribution is 6.30. The first-order chi connectivity index (χ1) is 7.08. The largest absolute Gasteiger partial charge is 0.561 e. The van der Waals surface area contributed by atoms with E-state index in [0.29, 0.717) is 5.92 Å². The van der Waals surface area contributed by atoms with Crippen molar-refractivity contribution in [2.75, 3.05) is 0 Å². The van der Waals surface area contributed by atoms with Gasteiger partial charge in [0.1, 0.15) is 0 Å². The normalized spacial score (nSPS) is 12.6. The van der Waals surface area contributed by atoms with E-state index in [4.69, 9.17) is 10.4 Å². The van der Waals surface area contributed by atoms with Crippen LogP contribution in [0.3, 0.4) is 0 Å². The lowest BCUT2D eigenvalue weighted by atomic mass is 9.82. The van der Waals surface area contributed by atoms with Gasteiger partial charge in [0.2, 0.25) is 0 Å². The molecule has 1 rings (SSSR count). The van der Waals surface area contributed by atoms with Crippen molar-refractivity contribution in [3.63, 3.8) is 0 Å². The fraction of sp³-hybridized carbons (Fsp3) is 0.500. The number of rotatable bonds is 5. The van der Waals surface area contributed by atoms with E-state index in [1.165, 1.54) is 5.56 Å². The highest BCUT2D eigenvalue weighted by atomic mass is 16.4. The van der Waals surface area contributed by atoms with Crippen LogP contribution in [-0.2, 0) is 0 Å². The minimum Gasteiger partial charge on any atom is -0.561 e. The summed E-state index contributed by atoms with van der Waals surface area (Å²) in [7, 11) is 1.72. The zero-order chi connectivity index (χ0) is 11.3. The van der Waals surface area contributed by atoms with Crippen LogP contribution in [0.15, 0.2) is 24.3 Å². The molecule has 0 heterocycles. The Morgan fingerprint density at radius 2 is 2.13 bits per heavy atom. The van der Waals surface area contributed by atoms with Crippen molar-refractivity contribution in [2.45, 2.75) is 33.1 Å². The van der Waals surface area contributed by atoms with E-state index in [1.807, 2.05) is 31.2 Å². The molecule has 0 aromatic heterocycles. The lowest BCUT2D eigenvalue weighted by Crippen LogP contribution is -2.32. The average molecular weight is 204 g/mol. The molecule has 1 radical (unpaired) electrons. The second-order valence-electron chi connectivity index (χ2n) is 4.36. The van der Waals surface area contributed by atoms with E-state index in [2.05, 4.69) is 13.8 Å². The maximum Gasteiger partial charge on any atom is 0.387 e. The van der Waals surface area contributed by atoms with Crippen LogP contribution in [0, 0.1) is 12.8 Å². The lowest BCUT2D eigenvalue weighted by molar-refractivity contribution is 0.519. The van der Waals surface area contributed by atoms with Gasteiger partial charge in [-0.15, -0.1) is 0 Å². The number of aryl methyl sites for hydroxylation is 1. The predicted molar refractivity (Wildman–Crippen MR) is 65.0 cm³/mol. The number of benzene rings is 1. The Labute approximate surface area is 93.1 Å². The summed E-state index contributed by atoms with van der Waals surface area (Å²) in [5.74, 6) is 1.46. The molecule has 3 heteroatoms.